The number of rotatable bonds is 1. The van der Waals surface area contributed by atoms with E-state index in [-0.39, 0.29) is 0 Å². The van der Waals surface area contributed by atoms with Gasteiger partial charge in [-0.2, -0.15) is 0 Å². The lowest BCUT2D eigenvalue weighted by Gasteiger charge is -2.44. The molecule has 2 rings (SSSR count). The molecule has 0 aromatic heterocycles. The zero-order valence-corrected chi connectivity index (χ0v) is 7.81. The van der Waals surface area contributed by atoms with Crippen LogP contribution in [0.5, 0.6) is 0 Å². The summed E-state index contributed by atoms with van der Waals surface area (Å²) in [6.07, 6.45) is -6.76. The fourth-order valence-electron chi connectivity index (χ4n) is 1.61. The first-order valence-electron chi connectivity index (χ1n) is 4.35. The van der Waals surface area contributed by atoms with Crippen LogP contribution in [-0.4, -0.2) is 68.4 Å². The molecule has 9 nitrogen and oxygen atoms in total. The van der Waals surface area contributed by atoms with Gasteiger partial charge in [0.1, 0.15) is 12.2 Å². The lowest BCUT2D eigenvalue weighted by atomic mass is 9.94. The maximum atomic E-state index is 10.8. The average molecular weight is 238 g/mol. The fraction of sp³-hybridized carbons (Fsp3) is 0.857. The van der Waals surface area contributed by atoms with E-state index < -0.39 is 42.8 Å². The summed E-state index contributed by atoms with van der Waals surface area (Å²) in [7, 11) is 0. The number of hydrogen-bond donors (Lipinski definition) is 5. The lowest BCUT2D eigenvalue weighted by molar-refractivity contribution is -0.475. The van der Waals surface area contributed by atoms with Crippen LogP contribution in [0.4, 0.5) is 4.79 Å². The van der Waals surface area contributed by atoms with E-state index in [4.69, 9.17) is 5.11 Å². The highest BCUT2D eigenvalue weighted by atomic mass is 17.0. The van der Waals surface area contributed by atoms with E-state index in [1.54, 1.807) is 0 Å². The molecule has 2 aliphatic rings. The van der Waals surface area contributed by atoms with Gasteiger partial charge in [-0.25, -0.2) is 4.79 Å². The predicted molar refractivity (Wildman–Crippen MR) is 41.4 cm³/mol. The molecule has 2 fully saturated rings. The van der Waals surface area contributed by atoms with Crippen molar-refractivity contribution in [3.63, 3.8) is 0 Å². The number of carbonyl (C=O) groups excluding carboxylic acids is 1. The summed E-state index contributed by atoms with van der Waals surface area (Å²) < 4.78 is 12.9. The van der Waals surface area contributed by atoms with Crippen LogP contribution in [0.2, 0.25) is 0 Å². The van der Waals surface area contributed by atoms with Crippen molar-refractivity contribution in [2.24, 2.45) is 0 Å². The van der Waals surface area contributed by atoms with Gasteiger partial charge < -0.3 is 39.7 Å². The van der Waals surface area contributed by atoms with Crippen LogP contribution < -0.4 is 0 Å². The second-order valence-electron chi connectivity index (χ2n) is 3.51. The molecule has 0 radical (unpaired) electrons. The first-order chi connectivity index (χ1) is 7.34. The van der Waals surface area contributed by atoms with Crippen LogP contribution >= 0.6 is 0 Å². The normalized spacial score (nSPS) is 51.8. The van der Waals surface area contributed by atoms with E-state index in [2.05, 4.69) is 14.2 Å². The van der Waals surface area contributed by atoms with Crippen molar-refractivity contribution in [1.82, 2.24) is 0 Å². The third kappa shape index (κ3) is 1.24. The minimum Gasteiger partial charge on any atom is -0.394 e. The number of fused-ring (bicyclic) bond motifs is 1. The van der Waals surface area contributed by atoms with E-state index in [1.165, 1.54) is 0 Å². The van der Waals surface area contributed by atoms with Gasteiger partial charge in [-0.05, 0) is 0 Å². The molecule has 0 saturated carbocycles. The van der Waals surface area contributed by atoms with Crippen molar-refractivity contribution in [3.05, 3.63) is 0 Å². The number of aliphatic hydroxyl groups excluding tert-OH is 3. The van der Waals surface area contributed by atoms with Crippen molar-refractivity contribution in [2.45, 2.75) is 30.1 Å². The Morgan fingerprint density at radius 1 is 1.25 bits per heavy atom. The zero-order valence-electron chi connectivity index (χ0n) is 7.81. The predicted octanol–water partition coefficient (Wildman–Crippen LogP) is -3.40. The molecule has 92 valence electrons. The molecule has 0 bridgehead atoms. The molecular weight excluding hydrogens is 228 g/mol. The Hall–Kier alpha value is -0.970. The van der Waals surface area contributed by atoms with Gasteiger partial charge in [-0.1, -0.05) is 0 Å². The number of aliphatic hydroxyl groups is 5. The van der Waals surface area contributed by atoms with Gasteiger partial charge in [0.25, 0.3) is 0 Å². The number of ether oxygens (including phenoxy) is 3. The highest BCUT2D eigenvalue weighted by Gasteiger charge is 2.74. The second kappa shape index (κ2) is 3.26. The molecule has 0 unspecified atom stereocenters. The summed E-state index contributed by atoms with van der Waals surface area (Å²) in [5, 5.41) is 46.9. The van der Waals surface area contributed by atoms with E-state index >= 15 is 0 Å². The molecule has 2 aliphatic heterocycles. The van der Waals surface area contributed by atoms with Crippen LogP contribution in [0.3, 0.4) is 0 Å². The Morgan fingerprint density at radius 3 is 2.44 bits per heavy atom. The molecule has 9 heteroatoms. The standard InChI is InChI=1S/C7H10O9/c8-1-2-3(9)4(10)6(12)7(13,14-2)16-5(11)15-6/h2-4,8-10,12-13H,1H2/t2-,3-,4+,6+,7+/m1/s1. The molecule has 2 saturated heterocycles. The van der Waals surface area contributed by atoms with Crippen molar-refractivity contribution >= 4 is 6.16 Å². The van der Waals surface area contributed by atoms with Gasteiger partial charge in [0.05, 0.1) is 6.61 Å². The summed E-state index contributed by atoms with van der Waals surface area (Å²) in [5.41, 5.74) is 0. The topological polar surface area (TPSA) is 146 Å². The van der Waals surface area contributed by atoms with Crippen LogP contribution in [0.15, 0.2) is 0 Å². The average Bonchev–Trinajstić information content (AvgIpc) is 2.44. The zero-order chi connectivity index (χ0) is 12.1. The van der Waals surface area contributed by atoms with Gasteiger partial charge in [-0.3, -0.25) is 0 Å². The molecule has 0 spiro atoms. The minimum atomic E-state index is -2.96. The SMILES string of the molecule is O=C1O[C@@]2(O)O[C@H](CO)[C@@H](O)[C@H](O)[C@]2(O)O1. The highest BCUT2D eigenvalue weighted by molar-refractivity contribution is 5.63. The maximum absolute atomic E-state index is 10.8. The third-order valence-electron chi connectivity index (χ3n) is 2.51. The van der Waals surface area contributed by atoms with Crippen molar-refractivity contribution in [3.8, 4) is 0 Å². The molecule has 0 amide bonds. The van der Waals surface area contributed by atoms with Gasteiger partial charge in [0.15, 0.2) is 6.10 Å². The quantitative estimate of drug-likeness (QED) is 0.295. The highest BCUT2D eigenvalue weighted by Crippen LogP contribution is 2.42. The van der Waals surface area contributed by atoms with Gasteiger partial charge in [-0.15, -0.1) is 0 Å². The molecule has 0 aromatic rings. The maximum Gasteiger partial charge on any atom is 0.515 e. The van der Waals surface area contributed by atoms with Crippen molar-refractivity contribution < 1.29 is 44.5 Å². The number of hydrogen-bond acceptors (Lipinski definition) is 9. The summed E-state index contributed by atoms with van der Waals surface area (Å²) in [6, 6.07) is 0. The summed E-state index contributed by atoms with van der Waals surface area (Å²) in [5.74, 6) is -5.90. The van der Waals surface area contributed by atoms with Crippen LogP contribution in [0.25, 0.3) is 0 Å². The Balaban J connectivity index is 2.37. The monoisotopic (exact) mass is 238 g/mol. The van der Waals surface area contributed by atoms with Gasteiger partial charge in [0, 0.05) is 0 Å². The smallest absolute Gasteiger partial charge is 0.394 e. The molecule has 2 heterocycles. The van der Waals surface area contributed by atoms with E-state index in [1.807, 2.05) is 0 Å². The first kappa shape index (κ1) is 11.5. The summed E-state index contributed by atoms with van der Waals surface area (Å²) >= 11 is 0. The lowest BCUT2D eigenvalue weighted by Crippen LogP contribution is -2.71. The Bertz CT molecular complexity index is 319. The van der Waals surface area contributed by atoms with Crippen molar-refractivity contribution in [2.75, 3.05) is 6.61 Å². The largest absolute Gasteiger partial charge is 0.515 e. The molecule has 0 aromatic carbocycles. The molecule has 0 aliphatic carbocycles. The summed E-state index contributed by atoms with van der Waals surface area (Å²) in [6.45, 7) is -0.770. The Labute approximate surface area is 88.4 Å². The van der Waals surface area contributed by atoms with Crippen LogP contribution in [-0.2, 0) is 14.2 Å². The van der Waals surface area contributed by atoms with E-state index in [9.17, 15) is 25.2 Å². The fourth-order valence-corrected chi connectivity index (χ4v) is 1.61. The van der Waals surface area contributed by atoms with Gasteiger partial charge in [0.2, 0.25) is 0 Å². The Kier molecular flexibility index (Phi) is 2.35. The minimum absolute atomic E-state index is 0.770. The van der Waals surface area contributed by atoms with Crippen molar-refractivity contribution in [1.29, 1.82) is 0 Å². The third-order valence-corrected chi connectivity index (χ3v) is 2.51. The van der Waals surface area contributed by atoms with E-state index in [0.29, 0.717) is 0 Å². The second-order valence-corrected chi connectivity index (χ2v) is 3.51. The van der Waals surface area contributed by atoms with Crippen LogP contribution in [0, 0.1) is 0 Å². The molecular formula is C7H10O9. The van der Waals surface area contributed by atoms with Crippen LogP contribution in [0.1, 0.15) is 0 Å². The summed E-state index contributed by atoms with van der Waals surface area (Å²) in [4.78, 5) is 10.8. The first-order valence-corrected chi connectivity index (χ1v) is 4.35. The molecule has 5 atom stereocenters. The molecule has 5 N–H and O–H groups in total. The van der Waals surface area contributed by atoms with Gasteiger partial charge >= 0.3 is 17.9 Å². The Morgan fingerprint density at radius 2 is 1.88 bits per heavy atom. The van der Waals surface area contributed by atoms with E-state index in [0.717, 1.165) is 0 Å². The molecule has 16 heavy (non-hydrogen) atoms. The number of carbonyl (C=O) groups is 1.